The van der Waals surface area contributed by atoms with Gasteiger partial charge in [0.25, 0.3) is 0 Å². The fourth-order valence-corrected chi connectivity index (χ4v) is 3.74. The van der Waals surface area contributed by atoms with Gasteiger partial charge in [0.15, 0.2) is 11.5 Å². The molecule has 2 amide bonds. The van der Waals surface area contributed by atoms with Crippen molar-refractivity contribution in [1.82, 2.24) is 5.32 Å². The number of anilines is 1. The number of aliphatic hydroxyl groups is 1. The fourth-order valence-electron chi connectivity index (χ4n) is 3.36. The van der Waals surface area contributed by atoms with E-state index in [-0.39, 0.29) is 38.2 Å². The predicted octanol–water partition coefficient (Wildman–Crippen LogP) is 2.09. The highest BCUT2D eigenvalue weighted by Gasteiger charge is 2.35. The van der Waals surface area contributed by atoms with Gasteiger partial charge in [-0.3, -0.25) is 9.59 Å². The number of hydrogen-bond acceptors (Lipinski definition) is 6. The van der Waals surface area contributed by atoms with Gasteiger partial charge in [0.2, 0.25) is 18.6 Å². The van der Waals surface area contributed by atoms with Crippen LogP contribution in [0.15, 0.2) is 46.9 Å². The lowest BCUT2D eigenvalue weighted by Gasteiger charge is -2.18. The van der Waals surface area contributed by atoms with E-state index in [4.69, 9.17) is 14.2 Å². The number of benzene rings is 2. The van der Waals surface area contributed by atoms with Crippen molar-refractivity contribution in [2.24, 2.45) is 5.92 Å². The number of carbonyl (C=O) groups excluding carboxylic acids is 2. The Morgan fingerprint density at radius 2 is 2.10 bits per heavy atom. The molecule has 1 fully saturated rings. The Morgan fingerprint density at radius 1 is 1.27 bits per heavy atom. The lowest BCUT2D eigenvalue weighted by Crippen LogP contribution is -2.39. The second-order valence-corrected chi connectivity index (χ2v) is 8.03. The van der Waals surface area contributed by atoms with Crippen LogP contribution in [0.3, 0.4) is 0 Å². The van der Waals surface area contributed by atoms with Crippen LogP contribution in [-0.4, -0.2) is 49.5 Å². The van der Waals surface area contributed by atoms with E-state index < -0.39 is 12.0 Å². The van der Waals surface area contributed by atoms with Crippen molar-refractivity contribution in [3.63, 3.8) is 0 Å². The molecule has 0 aliphatic carbocycles. The predicted molar refractivity (Wildman–Crippen MR) is 112 cm³/mol. The van der Waals surface area contributed by atoms with Crippen LogP contribution in [0.4, 0.5) is 5.69 Å². The van der Waals surface area contributed by atoms with Crippen LogP contribution >= 0.6 is 15.9 Å². The molecule has 0 bridgehead atoms. The Morgan fingerprint density at radius 3 is 2.93 bits per heavy atom. The van der Waals surface area contributed by atoms with Crippen molar-refractivity contribution in [3.8, 4) is 17.2 Å². The molecule has 0 spiro atoms. The topological polar surface area (TPSA) is 97.3 Å². The van der Waals surface area contributed by atoms with Crippen LogP contribution in [0, 0.1) is 5.92 Å². The van der Waals surface area contributed by atoms with Crippen molar-refractivity contribution in [1.29, 1.82) is 0 Å². The first kappa shape index (κ1) is 20.5. The van der Waals surface area contributed by atoms with E-state index in [1.165, 1.54) is 0 Å². The number of rotatable bonds is 7. The smallest absolute Gasteiger partial charge is 0.231 e. The zero-order chi connectivity index (χ0) is 21.1. The van der Waals surface area contributed by atoms with Crippen molar-refractivity contribution >= 4 is 33.4 Å². The summed E-state index contributed by atoms with van der Waals surface area (Å²) in [5.74, 6) is 0.964. The number of aliphatic hydroxyl groups excluding tert-OH is 1. The summed E-state index contributed by atoms with van der Waals surface area (Å²) >= 11 is 3.39. The second-order valence-electron chi connectivity index (χ2n) is 7.11. The van der Waals surface area contributed by atoms with E-state index in [0.29, 0.717) is 23.8 Å². The molecule has 2 atom stereocenters. The lowest BCUT2D eigenvalue weighted by molar-refractivity contribution is -0.126. The first-order valence-electron chi connectivity index (χ1n) is 9.54. The van der Waals surface area contributed by atoms with E-state index in [2.05, 4.69) is 21.2 Å². The Labute approximate surface area is 181 Å². The molecule has 0 radical (unpaired) electrons. The summed E-state index contributed by atoms with van der Waals surface area (Å²) in [5.41, 5.74) is 0.752. The molecule has 2 aliphatic rings. The van der Waals surface area contributed by atoms with Crippen molar-refractivity contribution in [3.05, 3.63) is 46.9 Å². The van der Waals surface area contributed by atoms with Gasteiger partial charge in [0.1, 0.15) is 18.5 Å². The minimum atomic E-state index is -0.891. The molecule has 158 valence electrons. The van der Waals surface area contributed by atoms with Crippen molar-refractivity contribution in [2.75, 3.05) is 31.4 Å². The number of nitrogens with one attached hydrogen (secondary N) is 1. The van der Waals surface area contributed by atoms with Crippen molar-refractivity contribution in [2.45, 2.75) is 12.5 Å². The Bertz CT molecular complexity index is 953. The molecule has 2 unspecified atom stereocenters. The van der Waals surface area contributed by atoms with Gasteiger partial charge in [0, 0.05) is 35.7 Å². The molecule has 0 aromatic heterocycles. The molecule has 2 aromatic carbocycles. The number of halogens is 1. The molecule has 2 aromatic rings. The summed E-state index contributed by atoms with van der Waals surface area (Å²) in [6, 6.07) is 12.5. The SMILES string of the molecule is O=C(NCC(O)COc1ccc2c(c1)OCO2)C1CC(=O)N(c2cccc(Br)c2)C1. The van der Waals surface area contributed by atoms with Gasteiger partial charge in [-0.2, -0.15) is 0 Å². The van der Waals surface area contributed by atoms with Gasteiger partial charge < -0.3 is 29.5 Å². The molecular formula is C21H21BrN2O6. The molecule has 4 rings (SSSR count). The van der Waals surface area contributed by atoms with Crippen LogP contribution in [-0.2, 0) is 9.59 Å². The highest BCUT2D eigenvalue weighted by Crippen LogP contribution is 2.35. The normalized spacial score (nSPS) is 18.4. The number of ether oxygens (including phenoxy) is 3. The summed E-state index contributed by atoms with van der Waals surface area (Å²) in [6.45, 7) is 0.527. The second kappa shape index (κ2) is 8.93. The molecule has 30 heavy (non-hydrogen) atoms. The Kier molecular flexibility index (Phi) is 6.10. The first-order valence-corrected chi connectivity index (χ1v) is 10.3. The van der Waals surface area contributed by atoms with Crippen LogP contribution in [0.1, 0.15) is 6.42 Å². The minimum Gasteiger partial charge on any atom is -0.491 e. The molecular weight excluding hydrogens is 456 g/mol. The summed E-state index contributed by atoms with van der Waals surface area (Å²) in [5, 5.41) is 12.8. The third-order valence-corrected chi connectivity index (χ3v) is 5.41. The third kappa shape index (κ3) is 4.68. The summed E-state index contributed by atoms with van der Waals surface area (Å²) in [4.78, 5) is 26.4. The maximum Gasteiger partial charge on any atom is 0.231 e. The van der Waals surface area contributed by atoms with E-state index >= 15 is 0 Å². The van der Waals surface area contributed by atoms with Crippen LogP contribution < -0.4 is 24.4 Å². The first-order chi connectivity index (χ1) is 14.5. The summed E-state index contributed by atoms with van der Waals surface area (Å²) < 4.78 is 16.9. The molecule has 8 nitrogen and oxygen atoms in total. The Balaban J connectivity index is 1.24. The number of fused-ring (bicyclic) bond motifs is 1. The monoisotopic (exact) mass is 476 g/mol. The van der Waals surface area contributed by atoms with Gasteiger partial charge in [-0.25, -0.2) is 0 Å². The largest absolute Gasteiger partial charge is 0.491 e. The summed E-state index contributed by atoms with van der Waals surface area (Å²) in [6.07, 6.45) is -0.750. The number of carbonyl (C=O) groups is 2. The summed E-state index contributed by atoms with van der Waals surface area (Å²) in [7, 11) is 0. The van der Waals surface area contributed by atoms with Gasteiger partial charge in [-0.15, -0.1) is 0 Å². The molecule has 2 aliphatic heterocycles. The zero-order valence-electron chi connectivity index (χ0n) is 16.0. The molecule has 2 N–H and O–H groups in total. The van der Waals surface area contributed by atoms with Crippen LogP contribution in [0.25, 0.3) is 0 Å². The maximum absolute atomic E-state index is 12.5. The van der Waals surface area contributed by atoms with E-state index in [1.54, 1.807) is 23.1 Å². The van der Waals surface area contributed by atoms with Crippen LogP contribution in [0.2, 0.25) is 0 Å². The molecule has 9 heteroatoms. The van der Waals surface area contributed by atoms with Crippen LogP contribution in [0.5, 0.6) is 17.2 Å². The zero-order valence-corrected chi connectivity index (χ0v) is 17.6. The average molecular weight is 477 g/mol. The van der Waals surface area contributed by atoms with Gasteiger partial charge >= 0.3 is 0 Å². The average Bonchev–Trinajstić information content (AvgIpc) is 3.36. The molecule has 2 heterocycles. The third-order valence-electron chi connectivity index (χ3n) is 4.91. The molecule has 1 saturated heterocycles. The fraction of sp³-hybridized carbons (Fsp3) is 0.333. The number of hydrogen-bond donors (Lipinski definition) is 2. The standard InChI is InChI=1S/C21H21BrN2O6/c22-14-2-1-3-15(7-14)24-10-13(6-20(24)26)21(27)23-9-16(25)11-28-17-4-5-18-19(8-17)30-12-29-18/h1-5,7-8,13,16,25H,6,9-12H2,(H,23,27). The quantitative estimate of drug-likeness (QED) is 0.634. The highest BCUT2D eigenvalue weighted by molar-refractivity contribution is 9.10. The van der Waals surface area contributed by atoms with E-state index in [0.717, 1.165) is 10.2 Å². The van der Waals surface area contributed by atoms with Gasteiger partial charge in [-0.05, 0) is 30.3 Å². The van der Waals surface area contributed by atoms with E-state index in [1.807, 2.05) is 24.3 Å². The lowest BCUT2D eigenvalue weighted by atomic mass is 10.1. The maximum atomic E-state index is 12.5. The number of amides is 2. The number of nitrogens with zero attached hydrogens (tertiary/aromatic N) is 1. The Hall–Kier alpha value is -2.78. The highest BCUT2D eigenvalue weighted by atomic mass is 79.9. The van der Waals surface area contributed by atoms with E-state index in [9.17, 15) is 14.7 Å². The van der Waals surface area contributed by atoms with Crippen molar-refractivity contribution < 1.29 is 28.9 Å². The minimum absolute atomic E-state index is 0.00763. The van der Waals surface area contributed by atoms with Gasteiger partial charge in [0.05, 0.1) is 5.92 Å². The molecule has 0 saturated carbocycles. The van der Waals surface area contributed by atoms with Gasteiger partial charge in [-0.1, -0.05) is 22.0 Å².